The van der Waals surface area contributed by atoms with Crippen molar-refractivity contribution in [2.45, 2.75) is 13.8 Å². The maximum absolute atomic E-state index is 13.2. The first-order chi connectivity index (χ1) is 14.1. The lowest BCUT2D eigenvalue weighted by Crippen LogP contribution is -2.51. The van der Waals surface area contributed by atoms with E-state index in [1.807, 2.05) is 11.5 Å². The van der Waals surface area contributed by atoms with E-state index in [9.17, 15) is 22.4 Å². The topological polar surface area (TPSA) is 88.9 Å². The highest BCUT2D eigenvalue weighted by molar-refractivity contribution is 7.88. The normalized spacial score (nSPS) is 15.3. The number of nitrogens with zero attached hydrogens (tertiary/aromatic N) is 3. The Kier molecular flexibility index (Phi) is 6.27. The van der Waals surface area contributed by atoms with Gasteiger partial charge in [0, 0.05) is 43.3 Å². The molecule has 0 atom stereocenters. The van der Waals surface area contributed by atoms with E-state index in [0.717, 1.165) is 11.9 Å². The molecule has 1 fully saturated rings. The van der Waals surface area contributed by atoms with Crippen LogP contribution in [0.25, 0.3) is 5.69 Å². The largest absolute Gasteiger partial charge is 0.452 e. The van der Waals surface area contributed by atoms with Crippen molar-refractivity contribution in [2.75, 3.05) is 39.0 Å². The SMILES string of the molecule is Cc1cc(C(=O)OCC(=O)N2CCN(S(C)(=O)=O)CC2)c(C)n1-c1ccc(F)cc1. The average molecular weight is 437 g/mol. The zero-order valence-corrected chi connectivity index (χ0v) is 17.9. The molecule has 0 unspecified atom stereocenters. The summed E-state index contributed by atoms with van der Waals surface area (Å²) in [5.74, 6) is -1.35. The van der Waals surface area contributed by atoms with Crippen LogP contribution in [-0.4, -0.2) is 73.1 Å². The molecule has 10 heteroatoms. The average Bonchev–Trinajstić information content (AvgIpc) is 3.00. The number of carbonyl (C=O) groups is 2. The van der Waals surface area contributed by atoms with Crippen LogP contribution in [0, 0.1) is 19.7 Å². The minimum Gasteiger partial charge on any atom is -0.452 e. The van der Waals surface area contributed by atoms with Crippen molar-refractivity contribution in [1.82, 2.24) is 13.8 Å². The van der Waals surface area contributed by atoms with Gasteiger partial charge in [0.05, 0.1) is 11.8 Å². The van der Waals surface area contributed by atoms with Gasteiger partial charge in [-0.1, -0.05) is 0 Å². The molecule has 1 amide bonds. The third-order valence-corrected chi connectivity index (χ3v) is 6.43. The Morgan fingerprint density at radius 1 is 1.07 bits per heavy atom. The van der Waals surface area contributed by atoms with Gasteiger partial charge in [0.1, 0.15) is 5.82 Å². The van der Waals surface area contributed by atoms with Crippen molar-refractivity contribution in [3.8, 4) is 5.69 Å². The smallest absolute Gasteiger partial charge is 0.340 e. The molecular weight excluding hydrogens is 413 g/mol. The van der Waals surface area contributed by atoms with Crippen molar-refractivity contribution in [3.63, 3.8) is 0 Å². The highest BCUT2D eigenvalue weighted by Crippen LogP contribution is 2.22. The van der Waals surface area contributed by atoms with Gasteiger partial charge in [0.15, 0.2) is 6.61 Å². The maximum Gasteiger partial charge on any atom is 0.340 e. The third-order valence-electron chi connectivity index (χ3n) is 5.12. The molecule has 0 bridgehead atoms. The molecule has 0 saturated carbocycles. The third kappa shape index (κ3) is 4.71. The summed E-state index contributed by atoms with van der Waals surface area (Å²) in [5, 5.41) is 0. The van der Waals surface area contributed by atoms with Crippen LogP contribution < -0.4 is 0 Å². The first-order valence-corrected chi connectivity index (χ1v) is 11.3. The number of aromatic nitrogens is 1. The monoisotopic (exact) mass is 437 g/mol. The molecule has 1 aromatic heterocycles. The van der Waals surface area contributed by atoms with E-state index in [4.69, 9.17) is 4.74 Å². The minimum absolute atomic E-state index is 0.220. The van der Waals surface area contributed by atoms with Gasteiger partial charge in [-0.3, -0.25) is 4.79 Å². The first kappa shape index (κ1) is 22.0. The molecular formula is C20H24FN3O5S. The Morgan fingerprint density at radius 2 is 1.67 bits per heavy atom. The number of esters is 1. The van der Waals surface area contributed by atoms with Gasteiger partial charge >= 0.3 is 5.97 Å². The number of benzene rings is 1. The maximum atomic E-state index is 13.2. The summed E-state index contributed by atoms with van der Waals surface area (Å²) in [6, 6.07) is 7.58. The molecule has 2 aromatic rings. The van der Waals surface area contributed by atoms with Crippen LogP contribution in [0.2, 0.25) is 0 Å². The number of rotatable bonds is 5. The Bertz CT molecular complexity index is 1050. The lowest BCUT2D eigenvalue weighted by Gasteiger charge is -2.33. The number of piperazine rings is 1. The van der Waals surface area contributed by atoms with Crippen molar-refractivity contribution in [2.24, 2.45) is 0 Å². The summed E-state index contributed by atoms with van der Waals surface area (Å²) in [6.07, 6.45) is 1.13. The lowest BCUT2D eigenvalue weighted by molar-refractivity contribution is -0.135. The van der Waals surface area contributed by atoms with Crippen LogP contribution in [0.5, 0.6) is 0 Å². The van der Waals surface area contributed by atoms with Crippen LogP contribution >= 0.6 is 0 Å². The lowest BCUT2D eigenvalue weighted by atomic mass is 10.2. The van der Waals surface area contributed by atoms with Gasteiger partial charge in [-0.05, 0) is 44.2 Å². The summed E-state index contributed by atoms with van der Waals surface area (Å²) < 4.78 is 44.6. The van der Waals surface area contributed by atoms with Gasteiger partial charge in [-0.15, -0.1) is 0 Å². The molecule has 2 heterocycles. The number of amides is 1. The van der Waals surface area contributed by atoms with E-state index in [1.54, 1.807) is 25.1 Å². The predicted molar refractivity (Wildman–Crippen MR) is 108 cm³/mol. The fourth-order valence-electron chi connectivity index (χ4n) is 3.52. The minimum atomic E-state index is -3.28. The van der Waals surface area contributed by atoms with Gasteiger partial charge < -0.3 is 14.2 Å². The zero-order valence-electron chi connectivity index (χ0n) is 17.1. The van der Waals surface area contributed by atoms with Crippen LogP contribution in [0.4, 0.5) is 4.39 Å². The summed E-state index contributed by atoms with van der Waals surface area (Å²) in [4.78, 5) is 26.4. The predicted octanol–water partition coefficient (Wildman–Crippen LogP) is 1.49. The second-order valence-corrected chi connectivity index (χ2v) is 9.20. The Labute approximate surface area is 174 Å². The Morgan fingerprint density at radius 3 is 2.23 bits per heavy atom. The highest BCUT2D eigenvalue weighted by atomic mass is 32.2. The summed E-state index contributed by atoms with van der Waals surface area (Å²) in [6.45, 7) is 4.09. The number of aryl methyl sites for hydroxylation is 1. The van der Waals surface area contributed by atoms with Gasteiger partial charge in [0.2, 0.25) is 10.0 Å². The van der Waals surface area contributed by atoms with Gasteiger partial charge in [0.25, 0.3) is 5.91 Å². The molecule has 3 rings (SSSR count). The highest BCUT2D eigenvalue weighted by Gasteiger charge is 2.27. The molecule has 0 N–H and O–H groups in total. The van der Waals surface area contributed by atoms with E-state index in [1.165, 1.54) is 21.3 Å². The molecule has 162 valence electrons. The number of halogens is 1. The molecule has 1 aliphatic heterocycles. The van der Waals surface area contributed by atoms with Crippen molar-refractivity contribution in [1.29, 1.82) is 0 Å². The zero-order chi connectivity index (χ0) is 22.1. The molecule has 0 aliphatic carbocycles. The number of hydrogen-bond acceptors (Lipinski definition) is 5. The number of ether oxygens (including phenoxy) is 1. The quantitative estimate of drug-likeness (QED) is 0.662. The fourth-order valence-corrected chi connectivity index (χ4v) is 4.35. The van der Waals surface area contributed by atoms with Crippen LogP contribution in [-0.2, 0) is 19.6 Å². The second-order valence-electron chi connectivity index (χ2n) is 7.22. The molecule has 30 heavy (non-hydrogen) atoms. The molecule has 1 aromatic carbocycles. The molecule has 1 aliphatic rings. The van der Waals surface area contributed by atoms with E-state index >= 15 is 0 Å². The van der Waals surface area contributed by atoms with E-state index in [-0.39, 0.29) is 37.9 Å². The summed E-state index contributed by atoms with van der Waals surface area (Å²) in [5.41, 5.74) is 2.43. The van der Waals surface area contributed by atoms with E-state index in [0.29, 0.717) is 16.9 Å². The van der Waals surface area contributed by atoms with E-state index in [2.05, 4.69) is 0 Å². The van der Waals surface area contributed by atoms with E-state index < -0.39 is 22.6 Å². The molecule has 0 radical (unpaired) electrons. The van der Waals surface area contributed by atoms with Crippen molar-refractivity contribution >= 4 is 21.9 Å². The Balaban J connectivity index is 1.62. The molecule has 8 nitrogen and oxygen atoms in total. The van der Waals surface area contributed by atoms with Crippen LogP contribution in [0.1, 0.15) is 21.7 Å². The van der Waals surface area contributed by atoms with Gasteiger partial charge in [-0.25, -0.2) is 17.6 Å². The standard InChI is InChI=1S/C20H24FN3O5S/c1-14-12-18(15(2)24(14)17-6-4-16(21)5-7-17)20(26)29-13-19(25)22-8-10-23(11-9-22)30(3,27)28/h4-7,12H,8-11,13H2,1-3H3. The first-order valence-electron chi connectivity index (χ1n) is 9.43. The van der Waals surface area contributed by atoms with Gasteiger partial charge in [-0.2, -0.15) is 4.31 Å². The fraction of sp³-hybridized carbons (Fsp3) is 0.400. The number of carbonyl (C=O) groups excluding carboxylic acids is 2. The van der Waals surface area contributed by atoms with Crippen molar-refractivity contribution < 1.29 is 27.1 Å². The van der Waals surface area contributed by atoms with Crippen molar-refractivity contribution in [3.05, 3.63) is 53.1 Å². The van der Waals surface area contributed by atoms with Crippen LogP contribution in [0.15, 0.2) is 30.3 Å². The second kappa shape index (κ2) is 8.57. The summed E-state index contributed by atoms with van der Waals surface area (Å²) >= 11 is 0. The molecule has 1 saturated heterocycles. The molecule has 0 spiro atoms. The number of hydrogen-bond donors (Lipinski definition) is 0. The summed E-state index contributed by atoms with van der Waals surface area (Å²) in [7, 11) is -3.28. The van der Waals surface area contributed by atoms with Crippen LogP contribution in [0.3, 0.4) is 0 Å². The number of sulfonamides is 1. The Hall–Kier alpha value is -2.72.